The van der Waals surface area contributed by atoms with Crippen LogP contribution in [0.3, 0.4) is 0 Å². The Morgan fingerprint density at radius 3 is 0.828 bits per heavy atom. The zero-order valence-electron chi connectivity index (χ0n) is 42.4. The van der Waals surface area contributed by atoms with Gasteiger partial charge >= 0.3 is 0 Å². The Morgan fingerprint density at radius 1 is 0.344 bits per heavy atom. The molecule has 0 atom stereocenters. The molecule has 0 heterocycles. The summed E-state index contributed by atoms with van der Waals surface area (Å²) in [4.78, 5) is 74.8. The molecule has 0 aliphatic rings. The number of carbonyl (C=O) groups excluding carboxylic acids is 5. The van der Waals surface area contributed by atoms with E-state index in [2.05, 4.69) is 33.0 Å². The van der Waals surface area contributed by atoms with Gasteiger partial charge in [-0.3, -0.25) is 24.0 Å². The fourth-order valence-electron chi connectivity index (χ4n) is 8.30. The van der Waals surface area contributed by atoms with Gasteiger partial charge in [-0.25, -0.2) is 0 Å². The molecule has 0 aliphatic heterocycles. The molecule has 0 aromatic heterocycles. The highest BCUT2D eigenvalue weighted by molar-refractivity contribution is 5.91. The summed E-state index contributed by atoms with van der Waals surface area (Å²) in [7, 11) is 0. The molecule has 5 N–H and O–H groups in total. The number of unbranched alkanes of at least 4 members (excludes halogenated alkanes) is 28. The van der Waals surface area contributed by atoms with Gasteiger partial charge in [0.15, 0.2) is 0 Å². The first kappa shape index (κ1) is 61.3. The van der Waals surface area contributed by atoms with Crippen LogP contribution in [0, 0.1) is 0 Å². The van der Waals surface area contributed by atoms with Gasteiger partial charge in [0.25, 0.3) is 0 Å². The lowest BCUT2D eigenvalue weighted by molar-refractivity contribution is -0.146. The van der Waals surface area contributed by atoms with E-state index >= 15 is 0 Å². The molecular weight excluding hydrogens is 803 g/mol. The molecule has 5 amide bonds. The van der Waals surface area contributed by atoms with Gasteiger partial charge in [-0.1, -0.05) is 207 Å². The molecule has 64 heavy (non-hydrogen) atoms. The monoisotopic (exact) mass is 906 g/mol. The number of hydrogen-bond donors (Lipinski definition) is 3. The molecule has 0 aromatic carbocycles. The lowest BCUT2D eigenvalue weighted by Crippen LogP contribution is -2.51. The fourth-order valence-corrected chi connectivity index (χ4v) is 8.30. The molecule has 0 aliphatic carbocycles. The van der Waals surface area contributed by atoms with E-state index < -0.39 is 5.91 Å². The minimum absolute atomic E-state index is 0.0914. The summed E-state index contributed by atoms with van der Waals surface area (Å²) in [5, 5.41) is 3.10. The third-order valence-corrected chi connectivity index (χ3v) is 12.5. The van der Waals surface area contributed by atoms with Crippen molar-refractivity contribution in [3.8, 4) is 0 Å². The number of nitrogens with zero attached hydrogens (tertiary/aromatic N) is 4. The summed E-state index contributed by atoms with van der Waals surface area (Å²) in [5.74, 6) is -1.52. The van der Waals surface area contributed by atoms with E-state index in [0.29, 0.717) is 39.3 Å². The van der Waals surface area contributed by atoms with Crippen molar-refractivity contribution in [3.05, 3.63) is 0 Å². The average Bonchev–Trinajstić information content (AvgIpc) is 3.27. The van der Waals surface area contributed by atoms with Gasteiger partial charge in [0.1, 0.15) is 0 Å². The number of primary amides is 1. The van der Waals surface area contributed by atoms with Crippen molar-refractivity contribution in [1.29, 1.82) is 0 Å². The Bertz CT molecular complexity index is 1140. The predicted molar refractivity (Wildman–Crippen MR) is 268 cm³/mol. The molecule has 0 fully saturated rings. The molecule has 12 heteroatoms. The van der Waals surface area contributed by atoms with Crippen LogP contribution in [-0.2, 0) is 24.0 Å². The van der Waals surface area contributed by atoms with Crippen molar-refractivity contribution in [2.75, 3.05) is 72.0 Å². The number of carbonyl (C=O) groups is 5. The third-order valence-electron chi connectivity index (χ3n) is 12.5. The van der Waals surface area contributed by atoms with Gasteiger partial charge in [0, 0.05) is 39.3 Å². The van der Waals surface area contributed by atoms with E-state index in [1.165, 1.54) is 114 Å². The fraction of sp³-hybridized carbons (Fsp3) is 0.904. The molecule has 0 radical (unpaired) electrons. The molecule has 0 rings (SSSR count). The van der Waals surface area contributed by atoms with Crippen molar-refractivity contribution >= 4 is 29.5 Å². The topological polar surface area (TPSA) is 162 Å². The van der Waals surface area contributed by atoms with Crippen LogP contribution in [0.5, 0.6) is 0 Å². The lowest BCUT2D eigenvalue weighted by atomic mass is 10.1. The quantitative estimate of drug-likeness (QED) is 0.0512. The zero-order valence-corrected chi connectivity index (χ0v) is 42.4. The van der Waals surface area contributed by atoms with E-state index in [1.54, 1.807) is 14.7 Å². The largest absolute Gasteiger partial charge is 0.368 e. The molecule has 376 valence electrons. The van der Waals surface area contributed by atoms with Crippen LogP contribution >= 0.6 is 0 Å². The SMILES string of the molecule is CCCCCCCCCCN(CC(N)=O)C(=O)CN(CCCCCCCCCC)C(=O)CN(CCCCCCCCCC)C(=O)CN(CCCCCCCCCC)C(=O)CNCCN. The minimum Gasteiger partial charge on any atom is -0.368 e. The van der Waals surface area contributed by atoms with Gasteiger partial charge in [0.05, 0.1) is 32.7 Å². The first-order chi connectivity index (χ1) is 31.1. The van der Waals surface area contributed by atoms with E-state index in [9.17, 15) is 24.0 Å². The maximum absolute atomic E-state index is 14.4. The maximum Gasteiger partial charge on any atom is 0.242 e. The second-order valence-electron chi connectivity index (χ2n) is 18.6. The number of nitrogens with one attached hydrogen (secondary N) is 1. The Balaban J connectivity index is 6.15. The number of rotatable bonds is 48. The van der Waals surface area contributed by atoms with Crippen molar-refractivity contribution < 1.29 is 24.0 Å². The van der Waals surface area contributed by atoms with Gasteiger partial charge in [-0.05, 0) is 25.7 Å². The summed E-state index contributed by atoms with van der Waals surface area (Å²) in [6.45, 7) is 11.0. The summed E-state index contributed by atoms with van der Waals surface area (Å²) < 4.78 is 0. The number of nitrogens with two attached hydrogens (primary N) is 2. The Kier molecular flexibility index (Phi) is 43.5. The van der Waals surface area contributed by atoms with E-state index in [-0.39, 0.29) is 56.4 Å². The Hall–Kier alpha value is -2.73. The highest BCUT2D eigenvalue weighted by Crippen LogP contribution is 2.14. The van der Waals surface area contributed by atoms with Crippen LogP contribution in [0.2, 0.25) is 0 Å². The zero-order chi connectivity index (χ0) is 47.3. The molecule has 12 nitrogen and oxygen atoms in total. The number of hydrogen-bond acceptors (Lipinski definition) is 7. The van der Waals surface area contributed by atoms with Crippen molar-refractivity contribution in [2.45, 2.75) is 233 Å². The second-order valence-corrected chi connectivity index (χ2v) is 18.6. The average molecular weight is 906 g/mol. The number of amides is 5. The molecule has 0 saturated heterocycles. The van der Waals surface area contributed by atoms with Crippen molar-refractivity contribution in [1.82, 2.24) is 24.9 Å². The minimum atomic E-state index is -0.569. The maximum atomic E-state index is 14.4. The lowest BCUT2D eigenvalue weighted by Gasteiger charge is -2.31. The summed E-state index contributed by atoms with van der Waals surface area (Å²) in [6.07, 6.45) is 35.6. The third kappa shape index (κ3) is 36.5. The van der Waals surface area contributed by atoms with Crippen LogP contribution in [0.25, 0.3) is 0 Å². The van der Waals surface area contributed by atoms with Crippen molar-refractivity contribution in [2.24, 2.45) is 11.5 Å². The first-order valence-corrected chi connectivity index (χ1v) is 26.9. The molecular formula is C52H103N7O5. The molecule has 0 saturated carbocycles. The Labute approximate surface area is 393 Å². The van der Waals surface area contributed by atoms with Gasteiger partial charge in [0.2, 0.25) is 29.5 Å². The van der Waals surface area contributed by atoms with E-state index in [4.69, 9.17) is 11.5 Å². The van der Waals surface area contributed by atoms with E-state index in [0.717, 1.165) is 96.3 Å². The van der Waals surface area contributed by atoms with Gasteiger partial charge in [-0.15, -0.1) is 0 Å². The van der Waals surface area contributed by atoms with Crippen LogP contribution < -0.4 is 16.8 Å². The van der Waals surface area contributed by atoms with Crippen LogP contribution in [-0.4, -0.2) is 121 Å². The van der Waals surface area contributed by atoms with Crippen LogP contribution in [0.1, 0.15) is 233 Å². The highest BCUT2D eigenvalue weighted by Gasteiger charge is 2.27. The standard InChI is InChI=1S/C52H103N7O5/c1-5-9-13-17-21-25-29-33-39-56(44-48(54)60)50(62)46-58(41-35-31-27-23-19-15-11-7-3)52(64)47-59(42-36-32-28-24-20-16-12-8-4)51(63)45-57(49(61)43-55-38-37-53)40-34-30-26-22-18-14-10-6-2/h55H,5-47,53H2,1-4H3,(H2,54,60). The van der Waals surface area contributed by atoms with Gasteiger partial charge < -0.3 is 36.4 Å². The normalized spacial score (nSPS) is 11.2. The highest BCUT2D eigenvalue weighted by atomic mass is 16.2. The summed E-state index contributed by atoms with van der Waals surface area (Å²) >= 11 is 0. The molecule has 0 aromatic rings. The van der Waals surface area contributed by atoms with Crippen LogP contribution in [0.4, 0.5) is 0 Å². The Morgan fingerprint density at radius 2 is 0.578 bits per heavy atom. The molecule has 0 bridgehead atoms. The van der Waals surface area contributed by atoms with E-state index in [1.807, 2.05) is 0 Å². The predicted octanol–water partition coefficient (Wildman–Crippen LogP) is 9.90. The second kappa shape index (κ2) is 45.4. The van der Waals surface area contributed by atoms with Gasteiger partial charge in [-0.2, -0.15) is 0 Å². The first-order valence-electron chi connectivity index (χ1n) is 26.9. The summed E-state index contributed by atoms with van der Waals surface area (Å²) in [5.41, 5.74) is 11.3. The molecule has 0 unspecified atom stereocenters. The van der Waals surface area contributed by atoms with Crippen LogP contribution in [0.15, 0.2) is 0 Å². The summed E-state index contributed by atoms with van der Waals surface area (Å²) in [6, 6.07) is 0. The molecule has 0 spiro atoms. The van der Waals surface area contributed by atoms with Crippen molar-refractivity contribution in [3.63, 3.8) is 0 Å². The smallest absolute Gasteiger partial charge is 0.242 e.